The van der Waals surface area contributed by atoms with E-state index in [1.165, 1.54) is 78.5 Å². The third kappa shape index (κ3) is 6.50. The van der Waals surface area contributed by atoms with Gasteiger partial charge in [-0.3, -0.25) is 0 Å². The average Bonchev–Trinajstić information content (AvgIpc) is 3.72. The van der Waals surface area contributed by atoms with Crippen LogP contribution in [-0.4, -0.2) is 0 Å². The second-order valence-electron chi connectivity index (χ2n) is 19.2. The van der Waals surface area contributed by atoms with Crippen LogP contribution in [-0.2, 0) is 10.8 Å². The van der Waals surface area contributed by atoms with E-state index in [9.17, 15) is 8.78 Å². The fraction of sp³-hybridized carbons (Fsp3) is 0.0938. The summed E-state index contributed by atoms with van der Waals surface area (Å²) in [5.41, 5.74) is 19.2. The Morgan fingerprint density at radius 2 is 0.632 bits per heavy atom. The number of benzene rings is 10. The van der Waals surface area contributed by atoms with Gasteiger partial charge in [-0.2, -0.15) is 0 Å². The highest BCUT2D eigenvalue weighted by Gasteiger charge is 2.42. The SMILES string of the molecule is CC1(C)c2cc(N(c3ccccc3)c3cccc(F)c3)ccc2-c2c1cc1c(-c3ccccc3)c3c(cc1c2-c1ccccc1)C(C)(C)c1cc(N(c2ccccc2)c2cccc(F)c2)ccc1-3. The molecule has 0 N–H and O–H groups in total. The van der Waals surface area contributed by atoms with Crippen molar-refractivity contribution in [2.45, 2.75) is 38.5 Å². The lowest BCUT2D eigenvalue weighted by atomic mass is 9.76. The van der Waals surface area contributed by atoms with Crippen molar-refractivity contribution in [3.8, 4) is 44.5 Å². The number of fused-ring (bicyclic) bond motifs is 7. The highest BCUT2D eigenvalue weighted by molar-refractivity contribution is 6.17. The minimum atomic E-state index is -0.403. The van der Waals surface area contributed by atoms with Crippen LogP contribution in [0.4, 0.5) is 42.9 Å². The topological polar surface area (TPSA) is 6.48 Å². The highest BCUT2D eigenvalue weighted by Crippen LogP contribution is 2.60. The molecule has 12 rings (SSSR count). The summed E-state index contributed by atoms with van der Waals surface area (Å²) in [5.74, 6) is -0.552. The maximum Gasteiger partial charge on any atom is 0.125 e. The fourth-order valence-electron chi connectivity index (χ4n) is 11.3. The van der Waals surface area contributed by atoms with Gasteiger partial charge in [0.25, 0.3) is 0 Å². The largest absolute Gasteiger partial charge is 0.310 e. The summed E-state index contributed by atoms with van der Waals surface area (Å²) in [6, 6.07) is 74.5. The molecule has 0 heterocycles. The summed E-state index contributed by atoms with van der Waals surface area (Å²) >= 11 is 0. The molecule has 0 radical (unpaired) electrons. The second-order valence-corrected chi connectivity index (χ2v) is 19.2. The van der Waals surface area contributed by atoms with Gasteiger partial charge in [0, 0.05) is 45.0 Å². The summed E-state index contributed by atoms with van der Waals surface area (Å²) < 4.78 is 29.9. The Bertz CT molecular complexity index is 3340. The molecule has 10 aromatic rings. The molecule has 10 aromatic carbocycles. The zero-order valence-electron chi connectivity index (χ0n) is 38.4. The van der Waals surface area contributed by atoms with Gasteiger partial charge < -0.3 is 9.80 Å². The van der Waals surface area contributed by atoms with E-state index in [2.05, 4.69) is 171 Å². The van der Waals surface area contributed by atoms with Crippen LogP contribution in [0.3, 0.4) is 0 Å². The predicted octanol–water partition coefficient (Wildman–Crippen LogP) is 18.0. The molecule has 0 saturated heterocycles. The van der Waals surface area contributed by atoms with Crippen LogP contribution in [0.1, 0.15) is 49.9 Å². The summed E-state index contributed by atoms with van der Waals surface area (Å²) in [6.07, 6.45) is 0. The third-order valence-corrected chi connectivity index (χ3v) is 14.5. The van der Waals surface area contributed by atoms with E-state index < -0.39 is 10.8 Å². The van der Waals surface area contributed by atoms with Gasteiger partial charge in [0.2, 0.25) is 0 Å². The van der Waals surface area contributed by atoms with E-state index in [0.717, 1.165) is 45.3 Å². The number of halogens is 2. The molecule has 0 spiro atoms. The Morgan fingerprint density at radius 3 is 1.00 bits per heavy atom. The molecule has 0 bridgehead atoms. The molecule has 4 heteroatoms. The van der Waals surface area contributed by atoms with Gasteiger partial charge in [-0.05, 0) is 175 Å². The van der Waals surface area contributed by atoms with Crippen molar-refractivity contribution in [2.24, 2.45) is 0 Å². The molecule has 0 saturated carbocycles. The van der Waals surface area contributed by atoms with Crippen LogP contribution < -0.4 is 9.80 Å². The number of nitrogens with zero attached hydrogens (tertiary/aromatic N) is 2. The molecule has 2 aliphatic carbocycles. The molecule has 0 atom stereocenters. The standard InChI is InChI=1S/C64H48F2N2/c1-63(2)55-37-49(67(45-25-13-7-14-26-45)47-29-17-23-43(65)35-47)31-33-51(55)61-57(63)39-53-54(59(61)41-19-9-5-10-20-41)40-58-62(60(53)42-21-11-6-12-22-42)52-34-32-50(38-56(52)64(58,3)4)68(46-27-15-8-16-28-46)48-30-18-24-44(66)36-48/h5-40H,1-4H3. The van der Waals surface area contributed by atoms with Crippen molar-refractivity contribution >= 4 is 44.9 Å². The molecule has 68 heavy (non-hydrogen) atoms. The first-order valence-electron chi connectivity index (χ1n) is 23.4. The zero-order valence-corrected chi connectivity index (χ0v) is 38.4. The minimum Gasteiger partial charge on any atom is -0.310 e. The van der Waals surface area contributed by atoms with Gasteiger partial charge in [0.15, 0.2) is 0 Å². The van der Waals surface area contributed by atoms with E-state index in [-0.39, 0.29) is 11.6 Å². The molecule has 0 unspecified atom stereocenters. The normalized spacial score (nSPS) is 13.7. The van der Waals surface area contributed by atoms with Gasteiger partial charge in [0.1, 0.15) is 11.6 Å². The van der Waals surface area contributed by atoms with Crippen molar-refractivity contribution in [3.63, 3.8) is 0 Å². The van der Waals surface area contributed by atoms with E-state index in [0.29, 0.717) is 0 Å². The minimum absolute atomic E-state index is 0.276. The Hall–Kier alpha value is -8.08. The molecule has 0 aliphatic heterocycles. The smallest absolute Gasteiger partial charge is 0.125 e. The molecule has 0 fully saturated rings. The third-order valence-electron chi connectivity index (χ3n) is 14.5. The van der Waals surface area contributed by atoms with Gasteiger partial charge in [0.05, 0.1) is 0 Å². The number of rotatable bonds is 8. The van der Waals surface area contributed by atoms with Gasteiger partial charge in [-0.25, -0.2) is 8.78 Å². The van der Waals surface area contributed by atoms with Crippen molar-refractivity contribution < 1.29 is 8.78 Å². The first kappa shape index (κ1) is 41.4. The van der Waals surface area contributed by atoms with E-state index >= 15 is 0 Å². The molecule has 328 valence electrons. The van der Waals surface area contributed by atoms with E-state index in [1.807, 2.05) is 48.5 Å². The summed E-state index contributed by atoms with van der Waals surface area (Å²) in [7, 11) is 0. The molecule has 2 aliphatic rings. The summed E-state index contributed by atoms with van der Waals surface area (Å²) in [6.45, 7) is 9.40. The van der Waals surface area contributed by atoms with Crippen molar-refractivity contribution in [3.05, 3.63) is 252 Å². The Balaban J connectivity index is 1.12. The maximum atomic E-state index is 14.9. The lowest BCUT2D eigenvalue weighted by Crippen LogP contribution is -2.17. The zero-order chi connectivity index (χ0) is 46.3. The van der Waals surface area contributed by atoms with Crippen LogP contribution in [0.25, 0.3) is 55.3 Å². The second kappa shape index (κ2) is 15.8. The van der Waals surface area contributed by atoms with E-state index in [1.54, 1.807) is 24.3 Å². The molecular formula is C64H48F2N2. The van der Waals surface area contributed by atoms with Gasteiger partial charge in [-0.15, -0.1) is 0 Å². The van der Waals surface area contributed by atoms with Gasteiger partial charge in [-0.1, -0.05) is 149 Å². The number of para-hydroxylation sites is 2. The number of anilines is 6. The van der Waals surface area contributed by atoms with Crippen LogP contribution >= 0.6 is 0 Å². The number of hydrogen-bond acceptors (Lipinski definition) is 2. The highest BCUT2D eigenvalue weighted by atomic mass is 19.1. The van der Waals surface area contributed by atoms with Gasteiger partial charge >= 0.3 is 0 Å². The number of hydrogen-bond donors (Lipinski definition) is 0. The first-order valence-corrected chi connectivity index (χ1v) is 23.4. The molecule has 2 nitrogen and oxygen atoms in total. The molecule has 0 aromatic heterocycles. The van der Waals surface area contributed by atoms with Crippen molar-refractivity contribution in [2.75, 3.05) is 9.80 Å². The van der Waals surface area contributed by atoms with E-state index in [4.69, 9.17) is 0 Å². The fourth-order valence-corrected chi connectivity index (χ4v) is 11.3. The van der Waals surface area contributed by atoms with Crippen LogP contribution in [0, 0.1) is 11.6 Å². The van der Waals surface area contributed by atoms with Crippen molar-refractivity contribution in [1.29, 1.82) is 0 Å². The Kier molecular flexibility index (Phi) is 9.60. The average molecular weight is 883 g/mol. The summed E-state index contributed by atoms with van der Waals surface area (Å²) in [5, 5.41) is 2.41. The predicted molar refractivity (Wildman–Crippen MR) is 279 cm³/mol. The first-order chi connectivity index (χ1) is 33.1. The lowest BCUT2D eigenvalue weighted by molar-refractivity contribution is 0.627. The van der Waals surface area contributed by atoms with Crippen LogP contribution in [0.2, 0.25) is 0 Å². The van der Waals surface area contributed by atoms with Crippen LogP contribution in [0.15, 0.2) is 218 Å². The quantitative estimate of drug-likeness (QED) is 0.150. The molecule has 0 amide bonds. The van der Waals surface area contributed by atoms with Crippen molar-refractivity contribution in [1.82, 2.24) is 0 Å². The Morgan fingerprint density at radius 1 is 0.294 bits per heavy atom. The molecular weight excluding hydrogens is 835 g/mol. The van der Waals surface area contributed by atoms with Crippen LogP contribution in [0.5, 0.6) is 0 Å². The maximum absolute atomic E-state index is 14.9. The summed E-state index contributed by atoms with van der Waals surface area (Å²) in [4.78, 5) is 4.30. The Labute approximate surface area is 397 Å². The monoisotopic (exact) mass is 882 g/mol. The lowest BCUT2D eigenvalue weighted by Gasteiger charge is -2.28.